The van der Waals surface area contributed by atoms with Crippen LogP contribution in [0.15, 0.2) is 27.4 Å². The second-order valence-corrected chi connectivity index (χ2v) is 6.81. The minimum Gasteiger partial charge on any atom is -0.490 e. The van der Waals surface area contributed by atoms with Crippen LogP contribution in [0.5, 0.6) is 11.5 Å². The number of hydrogen-bond donors (Lipinski definition) is 0. The van der Waals surface area contributed by atoms with Gasteiger partial charge in [0.25, 0.3) is 0 Å². The molecule has 0 radical (unpaired) electrons. The van der Waals surface area contributed by atoms with Crippen molar-refractivity contribution < 1.29 is 14.3 Å². The molecule has 0 atom stereocenters. The van der Waals surface area contributed by atoms with E-state index in [1.165, 1.54) is 11.3 Å². The number of rotatable bonds is 6. The first-order chi connectivity index (χ1) is 10.1. The molecule has 1 aromatic carbocycles. The Balaban J connectivity index is 2.43. The number of carbonyl (C=O) groups excluding carboxylic acids is 1. The number of thiophene rings is 1. The van der Waals surface area contributed by atoms with Crippen molar-refractivity contribution in [2.75, 3.05) is 13.2 Å². The Bertz CT molecular complexity index is 654. The van der Waals surface area contributed by atoms with E-state index in [-0.39, 0.29) is 5.78 Å². The molecule has 2 aromatic rings. The van der Waals surface area contributed by atoms with Gasteiger partial charge in [-0.25, -0.2) is 0 Å². The third kappa shape index (κ3) is 3.78. The highest BCUT2D eigenvalue weighted by Crippen LogP contribution is 2.35. The average molecular weight is 390 g/mol. The number of halogens is 2. The number of hydrogen-bond acceptors (Lipinski definition) is 4. The van der Waals surface area contributed by atoms with Gasteiger partial charge in [-0.05, 0) is 41.9 Å². The molecule has 0 bridgehead atoms. The molecular formula is C15H14BrClO3S. The summed E-state index contributed by atoms with van der Waals surface area (Å²) < 4.78 is 11.9. The Kier molecular flexibility index (Phi) is 5.67. The predicted molar refractivity (Wildman–Crippen MR) is 89.2 cm³/mol. The van der Waals surface area contributed by atoms with Crippen LogP contribution in [-0.4, -0.2) is 19.0 Å². The fraction of sp³-hybridized carbons (Fsp3) is 0.267. The maximum absolute atomic E-state index is 12.5. The molecule has 0 amide bonds. The van der Waals surface area contributed by atoms with Gasteiger partial charge in [-0.2, -0.15) is 0 Å². The first kappa shape index (κ1) is 16.3. The number of benzene rings is 1. The van der Waals surface area contributed by atoms with E-state index in [2.05, 4.69) is 15.9 Å². The van der Waals surface area contributed by atoms with Crippen LogP contribution in [-0.2, 0) is 0 Å². The molecule has 21 heavy (non-hydrogen) atoms. The zero-order valence-corrected chi connectivity index (χ0v) is 14.8. The molecule has 0 saturated carbocycles. The Morgan fingerprint density at radius 1 is 1.19 bits per heavy atom. The van der Waals surface area contributed by atoms with E-state index in [9.17, 15) is 4.79 Å². The topological polar surface area (TPSA) is 35.5 Å². The third-order valence-corrected chi connectivity index (χ3v) is 4.52. The fourth-order valence-electron chi connectivity index (χ4n) is 1.83. The number of carbonyl (C=O) groups is 1. The van der Waals surface area contributed by atoms with E-state index in [1.54, 1.807) is 23.6 Å². The van der Waals surface area contributed by atoms with Crippen molar-refractivity contribution in [3.63, 3.8) is 0 Å². The van der Waals surface area contributed by atoms with Crippen LogP contribution in [0.3, 0.4) is 0 Å². The van der Waals surface area contributed by atoms with Gasteiger partial charge < -0.3 is 9.47 Å². The molecule has 2 rings (SSSR count). The van der Waals surface area contributed by atoms with Gasteiger partial charge >= 0.3 is 0 Å². The van der Waals surface area contributed by atoms with Gasteiger partial charge in [0, 0.05) is 22.6 Å². The molecule has 0 saturated heterocycles. The molecule has 0 aliphatic heterocycles. The maximum Gasteiger partial charge on any atom is 0.195 e. The van der Waals surface area contributed by atoms with Crippen molar-refractivity contribution in [1.29, 1.82) is 0 Å². The Morgan fingerprint density at radius 3 is 2.33 bits per heavy atom. The van der Waals surface area contributed by atoms with Gasteiger partial charge in [0.05, 0.1) is 22.0 Å². The SMILES string of the molecule is CCOc1cc(Cl)c(C(=O)c2csc(Br)c2)cc1OCC. The summed E-state index contributed by atoms with van der Waals surface area (Å²) in [7, 11) is 0. The van der Waals surface area contributed by atoms with Crippen molar-refractivity contribution >= 4 is 44.7 Å². The van der Waals surface area contributed by atoms with E-state index in [0.717, 1.165) is 3.79 Å². The lowest BCUT2D eigenvalue weighted by atomic mass is 10.1. The van der Waals surface area contributed by atoms with Gasteiger partial charge in [0.2, 0.25) is 0 Å². The average Bonchev–Trinajstić information content (AvgIpc) is 2.88. The lowest BCUT2D eigenvalue weighted by Gasteiger charge is -2.13. The first-order valence-corrected chi connectivity index (χ1v) is 8.49. The summed E-state index contributed by atoms with van der Waals surface area (Å²) in [5.41, 5.74) is 1.01. The normalized spacial score (nSPS) is 10.5. The molecule has 1 aromatic heterocycles. The third-order valence-electron chi connectivity index (χ3n) is 2.71. The summed E-state index contributed by atoms with van der Waals surface area (Å²) in [4.78, 5) is 12.5. The Hall–Kier alpha value is -1.04. The highest BCUT2D eigenvalue weighted by Gasteiger charge is 2.18. The molecule has 0 aliphatic carbocycles. The quantitative estimate of drug-likeness (QED) is 0.638. The van der Waals surface area contributed by atoms with Crippen molar-refractivity contribution in [1.82, 2.24) is 0 Å². The molecular weight excluding hydrogens is 376 g/mol. The number of ketones is 1. The molecule has 1 heterocycles. The van der Waals surface area contributed by atoms with E-state index in [0.29, 0.717) is 40.9 Å². The molecule has 0 fully saturated rings. The van der Waals surface area contributed by atoms with Gasteiger partial charge in [-0.3, -0.25) is 4.79 Å². The van der Waals surface area contributed by atoms with Crippen LogP contribution in [0, 0.1) is 0 Å². The summed E-state index contributed by atoms with van der Waals surface area (Å²) in [6.45, 7) is 4.74. The van der Waals surface area contributed by atoms with Crippen molar-refractivity contribution in [2.45, 2.75) is 13.8 Å². The second-order valence-electron chi connectivity index (χ2n) is 4.11. The van der Waals surface area contributed by atoms with Crippen molar-refractivity contribution in [3.05, 3.63) is 43.5 Å². The summed E-state index contributed by atoms with van der Waals surface area (Å²) >= 11 is 11.0. The lowest BCUT2D eigenvalue weighted by Crippen LogP contribution is -2.04. The highest BCUT2D eigenvalue weighted by molar-refractivity contribution is 9.11. The minimum absolute atomic E-state index is 0.133. The van der Waals surface area contributed by atoms with E-state index >= 15 is 0 Å². The zero-order valence-electron chi connectivity index (χ0n) is 11.6. The molecule has 112 valence electrons. The van der Waals surface area contributed by atoms with Gasteiger partial charge in [-0.1, -0.05) is 11.6 Å². The molecule has 6 heteroatoms. The summed E-state index contributed by atoms with van der Waals surface area (Å²) in [6.07, 6.45) is 0. The monoisotopic (exact) mass is 388 g/mol. The minimum atomic E-state index is -0.133. The lowest BCUT2D eigenvalue weighted by molar-refractivity contribution is 0.103. The molecule has 0 N–H and O–H groups in total. The van der Waals surface area contributed by atoms with Crippen LogP contribution >= 0.6 is 38.9 Å². The van der Waals surface area contributed by atoms with Crippen LogP contribution in [0.2, 0.25) is 5.02 Å². The zero-order chi connectivity index (χ0) is 15.4. The van der Waals surface area contributed by atoms with Gasteiger partial charge in [0.1, 0.15) is 0 Å². The van der Waals surface area contributed by atoms with Crippen LogP contribution in [0.4, 0.5) is 0 Å². The van der Waals surface area contributed by atoms with Crippen molar-refractivity contribution in [3.8, 4) is 11.5 Å². The Morgan fingerprint density at radius 2 is 1.81 bits per heavy atom. The predicted octanol–water partition coefficient (Wildman–Crippen LogP) is 5.19. The van der Waals surface area contributed by atoms with E-state index < -0.39 is 0 Å². The van der Waals surface area contributed by atoms with Crippen molar-refractivity contribution in [2.24, 2.45) is 0 Å². The van der Waals surface area contributed by atoms with Crippen LogP contribution in [0.25, 0.3) is 0 Å². The highest BCUT2D eigenvalue weighted by atomic mass is 79.9. The molecule has 0 unspecified atom stereocenters. The largest absolute Gasteiger partial charge is 0.490 e. The van der Waals surface area contributed by atoms with E-state index in [1.807, 2.05) is 13.8 Å². The maximum atomic E-state index is 12.5. The van der Waals surface area contributed by atoms with Crippen LogP contribution in [0.1, 0.15) is 29.8 Å². The second kappa shape index (κ2) is 7.29. The van der Waals surface area contributed by atoms with Gasteiger partial charge in [-0.15, -0.1) is 11.3 Å². The van der Waals surface area contributed by atoms with E-state index in [4.69, 9.17) is 21.1 Å². The van der Waals surface area contributed by atoms with Gasteiger partial charge in [0.15, 0.2) is 17.3 Å². The Labute approximate surface area is 141 Å². The molecule has 3 nitrogen and oxygen atoms in total. The number of ether oxygens (including phenoxy) is 2. The smallest absolute Gasteiger partial charge is 0.195 e. The molecule has 0 aliphatic rings. The summed E-state index contributed by atoms with van der Waals surface area (Å²) in [5, 5.41) is 2.15. The molecule has 0 spiro atoms. The summed E-state index contributed by atoms with van der Waals surface area (Å²) in [6, 6.07) is 5.05. The fourth-order valence-corrected chi connectivity index (χ4v) is 3.21. The summed E-state index contributed by atoms with van der Waals surface area (Å²) in [5.74, 6) is 0.944. The van der Waals surface area contributed by atoms with Crippen LogP contribution < -0.4 is 9.47 Å². The standard InChI is InChI=1S/C15H14BrClO3S/c1-3-19-12-6-10(11(17)7-13(12)20-4-2)15(18)9-5-14(16)21-8-9/h5-8H,3-4H2,1-2H3. The first-order valence-electron chi connectivity index (χ1n) is 6.44.